The molecule has 2 aromatic carbocycles. The molecule has 2 heteroatoms. The Kier molecular flexibility index (Phi) is 5.87. The second-order valence-corrected chi connectivity index (χ2v) is 7.40. The smallest absolute Gasteiger partial charge is 0.0515 e. The Morgan fingerprint density at radius 3 is 1.84 bits per heavy atom. The van der Waals surface area contributed by atoms with Crippen molar-refractivity contribution in [2.24, 2.45) is 0 Å². The Balaban J connectivity index is 1.80. The van der Waals surface area contributed by atoms with Crippen molar-refractivity contribution in [2.75, 3.05) is 0 Å². The molecular formula is C17H20S2. The summed E-state index contributed by atoms with van der Waals surface area (Å²) in [6.45, 7) is 2.28. The minimum atomic E-state index is 0.362. The van der Waals surface area contributed by atoms with Crippen LogP contribution in [0.5, 0.6) is 0 Å². The largest absolute Gasteiger partial charge is 0.165 e. The maximum atomic E-state index is 4.71. The van der Waals surface area contributed by atoms with Crippen LogP contribution in [0, 0.1) is 0 Å². The summed E-state index contributed by atoms with van der Waals surface area (Å²) in [4.78, 5) is 0. The van der Waals surface area contributed by atoms with E-state index in [1.165, 1.54) is 11.1 Å². The molecule has 0 nitrogen and oxygen atoms in total. The van der Waals surface area contributed by atoms with E-state index in [1.807, 2.05) is 11.8 Å². The fraction of sp³-hybridized carbons (Fsp3) is 0.294. The fourth-order valence-corrected chi connectivity index (χ4v) is 4.07. The van der Waals surface area contributed by atoms with Gasteiger partial charge in [-0.2, -0.15) is 12.6 Å². The van der Waals surface area contributed by atoms with Crippen molar-refractivity contribution in [1.29, 1.82) is 0 Å². The third kappa shape index (κ3) is 5.33. The van der Waals surface area contributed by atoms with Gasteiger partial charge in [-0.3, -0.25) is 0 Å². The first-order valence-corrected chi connectivity index (χ1v) is 8.11. The maximum absolute atomic E-state index is 4.71. The van der Waals surface area contributed by atoms with Gasteiger partial charge in [-0.1, -0.05) is 67.6 Å². The second kappa shape index (κ2) is 7.66. The van der Waals surface area contributed by atoms with Gasteiger partial charge in [-0.25, -0.2) is 0 Å². The molecule has 0 aliphatic heterocycles. The second-order valence-electron chi connectivity index (χ2n) is 4.78. The predicted molar refractivity (Wildman–Crippen MR) is 90.1 cm³/mol. The lowest BCUT2D eigenvalue weighted by Gasteiger charge is -2.16. The normalized spacial score (nSPS) is 14.0. The first kappa shape index (κ1) is 14.5. The van der Waals surface area contributed by atoms with Crippen LogP contribution in [-0.4, -0.2) is 9.83 Å². The van der Waals surface area contributed by atoms with Gasteiger partial charge in [-0.05, 0) is 24.0 Å². The third-order valence-corrected chi connectivity index (χ3v) is 4.67. The van der Waals surface area contributed by atoms with Crippen LogP contribution in [0.4, 0.5) is 0 Å². The van der Waals surface area contributed by atoms with Crippen LogP contribution >= 0.6 is 24.4 Å². The highest BCUT2D eigenvalue weighted by Crippen LogP contribution is 2.26. The summed E-state index contributed by atoms with van der Waals surface area (Å²) in [7, 11) is 0. The van der Waals surface area contributed by atoms with E-state index in [0.29, 0.717) is 9.83 Å². The minimum Gasteiger partial charge on any atom is -0.165 e. The quantitative estimate of drug-likeness (QED) is 0.585. The van der Waals surface area contributed by atoms with Gasteiger partial charge in [0.05, 0.1) is 4.58 Å². The summed E-state index contributed by atoms with van der Waals surface area (Å²) < 4.78 is 0.362. The Bertz CT molecular complexity index is 422. The van der Waals surface area contributed by atoms with Gasteiger partial charge in [0.15, 0.2) is 0 Å². The fourth-order valence-electron chi connectivity index (χ4n) is 2.13. The third-order valence-electron chi connectivity index (χ3n) is 3.01. The van der Waals surface area contributed by atoms with Gasteiger partial charge in [0, 0.05) is 5.25 Å². The first-order chi connectivity index (χ1) is 9.24. The van der Waals surface area contributed by atoms with Crippen molar-refractivity contribution < 1.29 is 0 Å². The molecule has 0 heterocycles. The molecule has 0 fully saturated rings. The molecule has 19 heavy (non-hydrogen) atoms. The molecule has 0 aliphatic carbocycles. The Morgan fingerprint density at radius 1 is 0.842 bits per heavy atom. The lowest BCUT2D eigenvalue weighted by atomic mass is 10.1. The number of thioether (sulfide) groups is 1. The lowest BCUT2D eigenvalue weighted by molar-refractivity contribution is 0.935. The zero-order valence-corrected chi connectivity index (χ0v) is 12.9. The summed E-state index contributed by atoms with van der Waals surface area (Å²) in [5, 5.41) is 0.591. The van der Waals surface area contributed by atoms with Crippen molar-refractivity contribution in [3.05, 3.63) is 71.8 Å². The summed E-state index contributed by atoms with van der Waals surface area (Å²) in [6.07, 6.45) is 2.13. The highest BCUT2D eigenvalue weighted by Gasteiger charge is 2.11. The molecule has 0 N–H and O–H groups in total. The van der Waals surface area contributed by atoms with E-state index in [1.54, 1.807) is 0 Å². The number of hydrogen-bond donors (Lipinski definition) is 1. The van der Waals surface area contributed by atoms with Gasteiger partial charge >= 0.3 is 0 Å². The van der Waals surface area contributed by atoms with E-state index in [2.05, 4.69) is 67.6 Å². The first-order valence-electron chi connectivity index (χ1n) is 6.65. The van der Waals surface area contributed by atoms with E-state index in [4.69, 9.17) is 12.6 Å². The van der Waals surface area contributed by atoms with Gasteiger partial charge in [-0.15, -0.1) is 11.8 Å². The molecule has 0 unspecified atom stereocenters. The lowest BCUT2D eigenvalue weighted by Crippen LogP contribution is -2.08. The van der Waals surface area contributed by atoms with E-state index in [0.717, 1.165) is 12.8 Å². The van der Waals surface area contributed by atoms with Crippen LogP contribution in [0.1, 0.15) is 18.1 Å². The van der Waals surface area contributed by atoms with Gasteiger partial charge in [0.2, 0.25) is 0 Å². The van der Waals surface area contributed by atoms with Crippen molar-refractivity contribution >= 4 is 24.4 Å². The minimum absolute atomic E-state index is 0.362. The average Bonchev–Trinajstić information content (AvgIpc) is 2.40. The molecule has 0 radical (unpaired) electrons. The van der Waals surface area contributed by atoms with Crippen LogP contribution in [-0.2, 0) is 12.8 Å². The van der Waals surface area contributed by atoms with E-state index in [9.17, 15) is 0 Å². The highest BCUT2D eigenvalue weighted by molar-refractivity contribution is 8.10. The van der Waals surface area contributed by atoms with Crippen molar-refractivity contribution in [3.63, 3.8) is 0 Å². The molecule has 2 aromatic rings. The molecule has 100 valence electrons. The van der Waals surface area contributed by atoms with Crippen molar-refractivity contribution in [3.8, 4) is 0 Å². The van der Waals surface area contributed by atoms with Gasteiger partial charge in [0.25, 0.3) is 0 Å². The Labute approximate surface area is 126 Å². The summed E-state index contributed by atoms with van der Waals surface area (Å²) >= 11 is 6.66. The van der Waals surface area contributed by atoms with Crippen LogP contribution in [0.2, 0.25) is 0 Å². The predicted octanol–water partition coefficient (Wildman–Crippen LogP) is 4.85. The van der Waals surface area contributed by atoms with Gasteiger partial charge in [0.1, 0.15) is 0 Å². The number of rotatable bonds is 6. The monoisotopic (exact) mass is 288 g/mol. The van der Waals surface area contributed by atoms with Gasteiger partial charge < -0.3 is 0 Å². The maximum Gasteiger partial charge on any atom is 0.0515 e. The SMILES string of the molecule is C[C@H](Cc1ccccc1)S[C@H](S)Cc1ccccc1. The Morgan fingerprint density at radius 2 is 1.32 bits per heavy atom. The van der Waals surface area contributed by atoms with E-state index < -0.39 is 0 Å². The topological polar surface area (TPSA) is 0 Å². The molecule has 0 saturated carbocycles. The van der Waals surface area contributed by atoms with Crippen LogP contribution in [0.3, 0.4) is 0 Å². The average molecular weight is 288 g/mol. The number of hydrogen-bond acceptors (Lipinski definition) is 2. The van der Waals surface area contributed by atoms with Crippen LogP contribution < -0.4 is 0 Å². The highest BCUT2D eigenvalue weighted by atomic mass is 32.2. The summed E-state index contributed by atoms with van der Waals surface area (Å²) in [5.74, 6) is 0. The van der Waals surface area contributed by atoms with Crippen LogP contribution in [0.15, 0.2) is 60.7 Å². The summed E-state index contributed by atoms with van der Waals surface area (Å²) in [6, 6.07) is 21.3. The van der Waals surface area contributed by atoms with E-state index >= 15 is 0 Å². The standard InChI is InChI=1S/C17H20S2/c1-14(12-15-8-4-2-5-9-15)19-17(18)13-16-10-6-3-7-11-16/h2-11,14,17-18H,12-13H2,1H3/t14-,17+/m1/s1. The van der Waals surface area contributed by atoms with Crippen LogP contribution in [0.25, 0.3) is 0 Å². The number of thiol groups is 1. The van der Waals surface area contributed by atoms with Crippen molar-refractivity contribution in [2.45, 2.75) is 29.6 Å². The number of benzene rings is 2. The molecule has 0 aliphatic rings. The molecule has 2 rings (SSSR count). The molecule has 0 amide bonds. The molecule has 2 atom stereocenters. The summed E-state index contributed by atoms with van der Waals surface area (Å²) in [5.41, 5.74) is 2.77. The Hall–Kier alpha value is -0.860. The molecular weight excluding hydrogens is 268 g/mol. The zero-order valence-electron chi connectivity index (χ0n) is 11.2. The molecule has 0 saturated heterocycles. The van der Waals surface area contributed by atoms with Crippen molar-refractivity contribution in [1.82, 2.24) is 0 Å². The molecule has 0 spiro atoms. The molecule has 0 aromatic heterocycles. The molecule has 0 bridgehead atoms. The zero-order chi connectivity index (χ0) is 13.5. The van der Waals surface area contributed by atoms with E-state index in [-0.39, 0.29) is 0 Å².